The quantitative estimate of drug-likeness (QED) is 0.459. The fourth-order valence-corrected chi connectivity index (χ4v) is 3.57. The van der Waals surface area contributed by atoms with Crippen molar-refractivity contribution in [2.45, 2.75) is 13.8 Å². The number of carbonyl (C=O) groups is 1. The predicted octanol–water partition coefficient (Wildman–Crippen LogP) is 3.82. The zero-order chi connectivity index (χ0) is 20.4. The average molecular weight is 399 g/mol. The Morgan fingerprint density at radius 2 is 2.04 bits per heavy atom. The van der Waals surface area contributed by atoms with Gasteiger partial charge in [-0.25, -0.2) is 4.99 Å². The number of aryl methyl sites for hydroxylation is 2. The summed E-state index contributed by atoms with van der Waals surface area (Å²) >= 11 is 1.08. The van der Waals surface area contributed by atoms with E-state index in [0.29, 0.717) is 5.17 Å². The summed E-state index contributed by atoms with van der Waals surface area (Å²) in [5, 5.41) is 24.3. The Morgan fingerprint density at radius 1 is 1.29 bits per heavy atom. The van der Waals surface area contributed by atoms with E-state index in [-0.39, 0.29) is 22.0 Å². The number of carbonyl (C=O) groups excluding carboxylic acids is 1. The molecule has 1 saturated heterocycles. The first-order valence-electron chi connectivity index (χ1n) is 8.21. The number of thioether (sulfide) groups is 1. The van der Waals surface area contributed by atoms with Gasteiger partial charge in [-0.2, -0.15) is 0 Å². The Balaban J connectivity index is 1.97. The molecule has 9 heteroatoms. The molecular weight excluding hydrogens is 382 g/mol. The fourth-order valence-electron chi connectivity index (χ4n) is 2.74. The summed E-state index contributed by atoms with van der Waals surface area (Å²) < 4.78 is 4.94. The smallest absolute Gasteiger partial charge is 0.322 e. The van der Waals surface area contributed by atoms with Crippen LogP contribution in [-0.2, 0) is 4.79 Å². The first-order valence-corrected chi connectivity index (χ1v) is 9.03. The predicted molar refractivity (Wildman–Crippen MR) is 108 cm³/mol. The van der Waals surface area contributed by atoms with Gasteiger partial charge >= 0.3 is 5.69 Å². The minimum Gasteiger partial charge on any atom is -0.504 e. The van der Waals surface area contributed by atoms with Crippen molar-refractivity contribution in [3.8, 4) is 11.5 Å². The van der Waals surface area contributed by atoms with Gasteiger partial charge in [-0.3, -0.25) is 14.9 Å². The van der Waals surface area contributed by atoms with Crippen molar-refractivity contribution < 1.29 is 19.6 Å². The summed E-state index contributed by atoms with van der Waals surface area (Å²) in [4.78, 5) is 27.8. The summed E-state index contributed by atoms with van der Waals surface area (Å²) in [5.74, 6) is -1.02. The van der Waals surface area contributed by atoms with Crippen LogP contribution in [0.2, 0.25) is 0 Å². The van der Waals surface area contributed by atoms with Crippen molar-refractivity contribution in [2.24, 2.45) is 4.99 Å². The summed E-state index contributed by atoms with van der Waals surface area (Å²) in [7, 11) is 1.23. The van der Waals surface area contributed by atoms with E-state index in [0.717, 1.165) is 28.6 Å². The van der Waals surface area contributed by atoms with Crippen molar-refractivity contribution in [1.82, 2.24) is 5.32 Å². The summed E-state index contributed by atoms with van der Waals surface area (Å²) in [6, 6.07) is 8.42. The van der Waals surface area contributed by atoms with Crippen molar-refractivity contribution in [3.05, 3.63) is 62.0 Å². The molecule has 0 atom stereocenters. The molecule has 0 unspecified atom stereocenters. The second-order valence-electron chi connectivity index (χ2n) is 6.08. The van der Waals surface area contributed by atoms with Crippen LogP contribution in [0.15, 0.2) is 40.2 Å². The Bertz CT molecular complexity index is 1050. The number of amides is 1. The summed E-state index contributed by atoms with van der Waals surface area (Å²) in [5.41, 5.74) is 2.54. The molecule has 1 heterocycles. The van der Waals surface area contributed by atoms with Crippen molar-refractivity contribution >= 4 is 40.3 Å². The standard InChI is InChI=1S/C19H17N3O5S/c1-10-4-6-13(11(2)8-10)20-19-21-18(24)15(28-19)9-12-5-7-14(23)17(27-3)16(12)22(25)26/h4-9,23H,1-3H3,(H,20,21,24)/b15-9-. The Kier molecular flexibility index (Phi) is 5.36. The molecule has 8 nitrogen and oxygen atoms in total. The molecule has 0 spiro atoms. The minimum atomic E-state index is -0.660. The number of nitrogens with one attached hydrogen (secondary N) is 1. The van der Waals surface area contributed by atoms with Gasteiger partial charge in [0.2, 0.25) is 5.75 Å². The van der Waals surface area contributed by atoms with Crippen LogP contribution in [-0.4, -0.2) is 28.2 Å². The molecule has 144 valence electrons. The Morgan fingerprint density at radius 3 is 2.68 bits per heavy atom. The second kappa shape index (κ2) is 7.73. The number of nitro benzene ring substituents is 1. The third-order valence-corrected chi connectivity index (χ3v) is 4.95. The molecule has 2 N–H and O–H groups in total. The maximum absolute atomic E-state index is 12.3. The van der Waals surface area contributed by atoms with Gasteiger partial charge in [0.05, 0.1) is 28.2 Å². The number of aliphatic imine (C=N–C) groups is 1. The van der Waals surface area contributed by atoms with E-state index in [4.69, 9.17) is 4.74 Å². The molecular formula is C19H17N3O5S. The largest absolute Gasteiger partial charge is 0.504 e. The topological polar surface area (TPSA) is 114 Å². The molecule has 2 aromatic carbocycles. The maximum Gasteiger partial charge on any atom is 0.322 e. The van der Waals surface area contributed by atoms with Crippen molar-refractivity contribution in [3.63, 3.8) is 0 Å². The van der Waals surface area contributed by atoms with E-state index in [1.807, 2.05) is 32.0 Å². The van der Waals surface area contributed by atoms with Crippen molar-refractivity contribution in [1.29, 1.82) is 0 Å². The lowest BCUT2D eigenvalue weighted by molar-refractivity contribution is -0.386. The van der Waals surface area contributed by atoms with Crippen LogP contribution in [0.1, 0.15) is 16.7 Å². The Labute approximate surface area is 165 Å². The molecule has 0 saturated carbocycles. The molecule has 2 aromatic rings. The number of phenolic OH excluding ortho intramolecular Hbond substituents is 1. The zero-order valence-electron chi connectivity index (χ0n) is 15.3. The molecule has 0 aromatic heterocycles. The summed E-state index contributed by atoms with van der Waals surface area (Å²) in [6.07, 6.45) is 1.38. The van der Waals surface area contributed by atoms with E-state index < -0.39 is 16.5 Å². The first kappa shape index (κ1) is 19.4. The number of amidine groups is 1. The lowest BCUT2D eigenvalue weighted by atomic mass is 10.1. The molecule has 1 aliphatic heterocycles. The number of rotatable bonds is 4. The SMILES string of the molecule is COc1c(O)ccc(/C=C2\SC(=Nc3ccc(C)cc3C)NC2=O)c1[N+](=O)[O-]. The molecule has 0 aliphatic carbocycles. The van der Waals surface area contributed by atoms with Gasteiger partial charge in [-0.15, -0.1) is 0 Å². The molecule has 28 heavy (non-hydrogen) atoms. The van der Waals surface area contributed by atoms with Crippen LogP contribution in [0, 0.1) is 24.0 Å². The minimum absolute atomic E-state index is 0.144. The van der Waals surface area contributed by atoms with Crippen LogP contribution in [0.4, 0.5) is 11.4 Å². The number of benzene rings is 2. The first-order chi connectivity index (χ1) is 13.3. The number of nitrogens with zero attached hydrogens (tertiary/aromatic N) is 2. The zero-order valence-corrected chi connectivity index (χ0v) is 16.2. The highest BCUT2D eigenvalue weighted by molar-refractivity contribution is 8.18. The number of aromatic hydroxyl groups is 1. The fraction of sp³-hybridized carbons (Fsp3) is 0.158. The number of phenols is 1. The summed E-state index contributed by atoms with van der Waals surface area (Å²) in [6.45, 7) is 3.91. The van der Waals surface area contributed by atoms with Gasteiger partial charge in [0.25, 0.3) is 5.91 Å². The van der Waals surface area contributed by atoms with E-state index in [1.165, 1.54) is 25.3 Å². The number of hydrogen-bond acceptors (Lipinski definition) is 7. The lowest BCUT2D eigenvalue weighted by Crippen LogP contribution is -2.19. The highest BCUT2D eigenvalue weighted by atomic mass is 32.2. The van der Waals surface area contributed by atoms with Gasteiger partial charge in [0, 0.05) is 0 Å². The van der Waals surface area contributed by atoms with E-state index in [1.54, 1.807) is 0 Å². The van der Waals surface area contributed by atoms with E-state index >= 15 is 0 Å². The molecule has 0 bridgehead atoms. The van der Waals surface area contributed by atoms with Gasteiger partial charge in [0.1, 0.15) is 0 Å². The molecule has 1 amide bonds. The second-order valence-corrected chi connectivity index (χ2v) is 7.12. The van der Waals surface area contributed by atoms with Crippen LogP contribution >= 0.6 is 11.8 Å². The normalized spacial score (nSPS) is 16.5. The van der Waals surface area contributed by atoms with Crippen LogP contribution < -0.4 is 10.1 Å². The van der Waals surface area contributed by atoms with Crippen LogP contribution in [0.25, 0.3) is 6.08 Å². The molecule has 0 radical (unpaired) electrons. The van der Waals surface area contributed by atoms with Crippen molar-refractivity contribution in [2.75, 3.05) is 7.11 Å². The Hall–Kier alpha value is -3.33. The highest BCUT2D eigenvalue weighted by Gasteiger charge is 2.28. The molecule has 1 fully saturated rings. The third kappa shape index (κ3) is 3.84. The van der Waals surface area contributed by atoms with Gasteiger partial charge in [-0.1, -0.05) is 17.7 Å². The highest BCUT2D eigenvalue weighted by Crippen LogP contribution is 2.40. The van der Waals surface area contributed by atoms with E-state index in [9.17, 15) is 20.0 Å². The van der Waals surface area contributed by atoms with Crippen LogP contribution in [0.3, 0.4) is 0 Å². The van der Waals surface area contributed by atoms with E-state index in [2.05, 4.69) is 10.3 Å². The number of hydrogen-bond donors (Lipinski definition) is 2. The van der Waals surface area contributed by atoms with Crippen LogP contribution in [0.5, 0.6) is 11.5 Å². The average Bonchev–Trinajstić information content (AvgIpc) is 2.97. The molecule has 1 aliphatic rings. The molecule has 3 rings (SSSR count). The monoisotopic (exact) mass is 399 g/mol. The van der Waals surface area contributed by atoms with Gasteiger partial charge in [0.15, 0.2) is 10.9 Å². The number of methoxy groups -OCH3 is 1. The number of nitro groups is 1. The van der Waals surface area contributed by atoms with Gasteiger partial charge in [-0.05, 0) is 55.4 Å². The van der Waals surface area contributed by atoms with Gasteiger partial charge < -0.3 is 15.2 Å². The number of ether oxygens (including phenoxy) is 1. The lowest BCUT2D eigenvalue weighted by Gasteiger charge is -2.06. The third-order valence-electron chi connectivity index (χ3n) is 4.04. The maximum atomic E-state index is 12.3.